The van der Waals surface area contributed by atoms with E-state index in [2.05, 4.69) is 10.5 Å². The van der Waals surface area contributed by atoms with Gasteiger partial charge in [0.25, 0.3) is 5.91 Å². The molecule has 0 aromatic heterocycles. The number of ether oxygens (including phenoxy) is 1. The predicted molar refractivity (Wildman–Crippen MR) is 82.8 cm³/mol. The summed E-state index contributed by atoms with van der Waals surface area (Å²) in [6, 6.07) is 5.28. The zero-order chi connectivity index (χ0) is 16.8. The molecule has 0 saturated carbocycles. The molecular weight excluding hydrogens is 298 g/mol. The number of hydrogen-bond acceptors (Lipinski definition) is 5. The second-order valence-corrected chi connectivity index (χ2v) is 6.92. The van der Waals surface area contributed by atoms with Gasteiger partial charge in [0.2, 0.25) is 0 Å². The molecule has 0 atom stereocenters. The molecule has 122 valence electrons. The van der Waals surface area contributed by atoms with Gasteiger partial charge in [0, 0.05) is 5.56 Å². The van der Waals surface area contributed by atoms with E-state index < -0.39 is 11.1 Å². The zero-order valence-corrected chi connectivity index (χ0v) is 13.3. The summed E-state index contributed by atoms with van der Waals surface area (Å²) in [7, 11) is 0. The Morgan fingerprint density at radius 1 is 1.43 bits per heavy atom. The fourth-order valence-electron chi connectivity index (χ4n) is 2.98. The lowest BCUT2D eigenvalue weighted by Crippen LogP contribution is -2.66. The molecule has 3 rings (SSSR count). The third kappa shape index (κ3) is 2.62. The van der Waals surface area contributed by atoms with Crippen LogP contribution in [-0.4, -0.2) is 47.0 Å². The van der Waals surface area contributed by atoms with Gasteiger partial charge in [-0.25, -0.2) is 4.79 Å². The van der Waals surface area contributed by atoms with E-state index in [9.17, 15) is 9.59 Å². The Morgan fingerprint density at radius 3 is 2.74 bits per heavy atom. The number of nitrogens with zero attached hydrogens (tertiary/aromatic N) is 2. The van der Waals surface area contributed by atoms with Crippen LogP contribution in [0.25, 0.3) is 0 Å². The summed E-state index contributed by atoms with van der Waals surface area (Å²) in [6.07, 6.45) is 0.890. The van der Waals surface area contributed by atoms with Crippen molar-refractivity contribution in [1.29, 1.82) is 0 Å². The minimum Gasteiger partial charge on any atom is -0.444 e. The van der Waals surface area contributed by atoms with Gasteiger partial charge in [0.15, 0.2) is 0 Å². The molecule has 23 heavy (non-hydrogen) atoms. The highest BCUT2D eigenvalue weighted by molar-refractivity contribution is 6.02. The number of likely N-dealkylation sites (tertiary alicyclic amines) is 1. The van der Waals surface area contributed by atoms with Gasteiger partial charge in [-0.2, -0.15) is 0 Å². The summed E-state index contributed by atoms with van der Waals surface area (Å²) >= 11 is 0. The first kappa shape index (κ1) is 15.3. The number of amides is 2. The first-order valence-corrected chi connectivity index (χ1v) is 7.36. The SMILES string of the molecule is CC(C)(C)OC(=O)N1CC2(C1)NC(=O)c1cc(/C=N/O)ccc12. The summed E-state index contributed by atoms with van der Waals surface area (Å²) in [5.74, 6) is -0.183. The number of oxime groups is 1. The summed E-state index contributed by atoms with van der Waals surface area (Å²) in [5, 5.41) is 14.5. The average Bonchev–Trinajstić information content (AvgIpc) is 2.69. The highest BCUT2D eigenvalue weighted by Crippen LogP contribution is 2.39. The monoisotopic (exact) mass is 317 g/mol. The Labute approximate surface area is 133 Å². The van der Waals surface area contributed by atoms with Gasteiger partial charge in [-0.1, -0.05) is 17.3 Å². The molecule has 2 heterocycles. The summed E-state index contributed by atoms with van der Waals surface area (Å²) in [5.41, 5.74) is 0.957. The molecule has 0 aliphatic carbocycles. The van der Waals surface area contributed by atoms with Gasteiger partial charge in [0.05, 0.1) is 19.3 Å². The van der Waals surface area contributed by atoms with Crippen LogP contribution in [0.1, 0.15) is 42.3 Å². The van der Waals surface area contributed by atoms with Crippen molar-refractivity contribution in [1.82, 2.24) is 10.2 Å². The minimum atomic E-state index is -0.546. The van der Waals surface area contributed by atoms with Crippen LogP contribution < -0.4 is 5.32 Å². The summed E-state index contributed by atoms with van der Waals surface area (Å²) in [4.78, 5) is 25.8. The first-order chi connectivity index (χ1) is 10.7. The van der Waals surface area contributed by atoms with Crippen LogP contribution in [0.5, 0.6) is 0 Å². The molecule has 1 aromatic rings. The fourth-order valence-corrected chi connectivity index (χ4v) is 2.98. The van der Waals surface area contributed by atoms with Crippen molar-refractivity contribution in [3.8, 4) is 0 Å². The molecule has 0 unspecified atom stereocenters. The third-order valence-corrected chi connectivity index (χ3v) is 3.94. The van der Waals surface area contributed by atoms with E-state index in [0.717, 1.165) is 5.56 Å². The maximum absolute atomic E-state index is 12.2. The Bertz CT molecular complexity index is 700. The number of rotatable bonds is 1. The molecule has 2 amide bonds. The van der Waals surface area contributed by atoms with Crippen LogP contribution in [0.3, 0.4) is 0 Å². The predicted octanol–water partition coefficient (Wildman–Crippen LogP) is 1.68. The Morgan fingerprint density at radius 2 is 2.13 bits per heavy atom. The van der Waals surface area contributed by atoms with E-state index in [1.807, 2.05) is 26.8 Å². The van der Waals surface area contributed by atoms with Crippen LogP contribution in [0.4, 0.5) is 4.79 Å². The molecule has 2 N–H and O–H groups in total. The quantitative estimate of drug-likeness (QED) is 0.468. The molecule has 7 nitrogen and oxygen atoms in total. The third-order valence-electron chi connectivity index (χ3n) is 3.94. The van der Waals surface area contributed by atoms with Gasteiger partial charge >= 0.3 is 6.09 Å². The number of nitrogens with one attached hydrogen (secondary N) is 1. The lowest BCUT2D eigenvalue weighted by Gasteiger charge is -2.48. The molecule has 0 radical (unpaired) electrons. The standard InChI is InChI=1S/C16H19N3O4/c1-15(2,3)23-14(21)19-8-16(9-19)12-5-4-10(7-17-22)6-11(12)13(20)18-16/h4-7,22H,8-9H2,1-3H3,(H,18,20)/b17-7+. The molecule has 1 saturated heterocycles. The normalized spacial score (nSPS) is 18.7. The van der Waals surface area contributed by atoms with Crippen molar-refractivity contribution in [2.24, 2.45) is 5.16 Å². The molecule has 7 heteroatoms. The molecular formula is C16H19N3O4. The summed E-state index contributed by atoms with van der Waals surface area (Å²) in [6.45, 7) is 6.22. The van der Waals surface area contributed by atoms with E-state index >= 15 is 0 Å². The molecule has 1 fully saturated rings. The van der Waals surface area contributed by atoms with Gasteiger partial charge in [-0.3, -0.25) is 4.79 Å². The number of hydrogen-bond donors (Lipinski definition) is 2. The number of benzene rings is 1. The van der Waals surface area contributed by atoms with Crippen LogP contribution in [-0.2, 0) is 10.3 Å². The van der Waals surface area contributed by atoms with E-state index in [1.165, 1.54) is 6.21 Å². The van der Waals surface area contributed by atoms with Crippen molar-refractivity contribution < 1.29 is 19.5 Å². The Kier molecular flexibility index (Phi) is 3.31. The van der Waals surface area contributed by atoms with Crippen LogP contribution in [0.15, 0.2) is 23.4 Å². The van der Waals surface area contributed by atoms with E-state index in [4.69, 9.17) is 9.94 Å². The van der Waals surface area contributed by atoms with Crippen LogP contribution in [0.2, 0.25) is 0 Å². The second-order valence-electron chi connectivity index (χ2n) is 6.92. The first-order valence-electron chi connectivity index (χ1n) is 7.36. The van der Waals surface area contributed by atoms with E-state index in [1.54, 1.807) is 17.0 Å². The van der Waals surface area contributed by atoms with Crippen molar-refractivity contribution in [2.45, 2.75) is 31.9 Å². The van der Waals surface area contributed by atoms with Gasteiger partial charge in [0.1, 0.15) is 11.1 Å². The lowest BCUT2D eigenvalue weighted by atomic mass is 9.83. The second kappa shape index (κ2) is 4.97. The Hall–Kier alpha value is -2.57. The average molecular weight is 317 g/mol. The van der Waals surface area contributed by atoms with E-state index in [-0.39, 0.29) is 12.0 Å². The van der Waals surface area contributed by atoms with Crippen molar-refractivity contribution in [3.05, 3.63) is 34.9 Å². The van der Waals surface area contributed by atoms with E-state index in [0.29, 0.717) is 24.2 Å². The zero-order valence-electron chi connectivity index (χ0n) is 13.3. The highest BCUT2D eigenvalue weighted by atomic mass is 16.6. The van der Waals surface area contributed by atoms with Gasteiger partial charge in [-0.05, 0) is 38.0 Å². The molecule has 1 aromatic carbocycles. The number of carbonyl (C=O) groups excluding carboxylic acids is 2. The maximum Gasteiger partial charge on any atom is 0.410 e. The Balaban J connectivity index is 1.78. The molecule has 2 aliphatic heterocycles. The fraction of sp³-hybridized carbons (Fsp3) is 0.438. The molecule has 1 spiro atoms. The van der Waals surface area contributed by atoms with Crippen molar-refractivity contribution in [2.75, 3.05) is 13.1 Å². The van der Waals surface area contributed by atoms with Gasteiger partial charge in [-0.15, -0.1) is 0 Å². The minimum absolute atomic E-state index is 0.183. The van der Waals surface area contributed by atoms with Crippen LogP contribution >= 0.6 is 0 Å². The van der Waals surface area contributed by atoms with Crippen molar-refractivity contribution >= 4 is 18.2 Å². The van der Waals surface area contributed by atoms with Crippen LogP contribution in [0, 0.1) is 0 Å². The maximum atomic E-state index is 12.2. The smallest absolute Gasteiger partial charge is 0.410 e. The lowest BCUT2D eigenvalue weighted by molar-refractivity contribution is -0.0145. The number of carbonyl (C=O) groups is 2. The molecule has 0 bridgehead atoms. The number of fused-ring (bicyclic) bond motifs is 2. The van der Waals surface area contributed by atoms with Crippen molar-refractivity contribution in [3.63, 3.8) is 0 Å². The van der Waals surface area contributed by atoms with Gasteiger partial charge < -0.3 is 20.2 Å². The largest absolute Gasteiger partial charge is 0.444 e. The summed E-state index contributed by atoms with van der Waals surface area (Å²) < 4.78 is 5.34. The molecule has 2 aliphatic rings. The topological polar surface area (TPSA) is 91.2 Å². The highest BCUT2D eigenvalue weighted by Gasteiger charge is 2.53.